The predicted octanol–water partition coefficient (Wildman–Crippen LogP) is 23.5. The lowest BCUT2D eigenvalue weighted by Crippen LogP contribution is -2.41. The van der Waals surface area contributed by atoms with Crippen LogP contribution in [0.2, 0.25) is 0 Å². The summed E-state index contributed by atoms with van der Waals surface area (Å²) >= 11 is 0. The first-order valence-corrected chi connectivity index (χ1v) is 33.8. The van der Waals surface area contributed by atoms with Crippen molar-refractivity contribution in [2.45, 2.75) is 206 Å². The number of ether oxygens (including phenoxy) is 5. The van der Waals surface area contributed by atoms with Gasteiger partial charge in [0, 0.05) is 49.6 Å². The van der Waals surface area contributed by atoms with E-state index in [-0.39, 0.29) is 95.1 Å². The highest BCUT2D eigenvalue weighted by atomic mass is 16.6. The first-order chi connectivity index (χ1) is 43.6. The second-order valence-electron chi connectivity index (χ2n) is 34.5. The van der Waals surface area contributed by atoms with Gasteiger partial charge in [-0.1, -0.05) is 200 Å². The van der Waals surface area contributed by atoms with Crippen LogP contribution in [-0.2, 0) is 26.4 Å². The van der Waals surface area contributed by atoms with Gasteiger partial charge in [0.2, 0.25) is 0 Å². The van der Waals surface area contributed by atoms with Crippen molar-refractivity contribution in [3.63, 3.8) is 0 Å². The molecule has 0 N–H and O–H groups in total. The van der Waals surface area contributed by atoms with Gasteiger partial charge in [0.25, 0.3) is 11.8 Å². The zero-order chi connectivity index (χ0) is 68.4. The van der Waals surface area contributed by atoms with E-state index in [1.165, 1.54) is 4.90 Å². The number of rotatable bonds is 19. The van der Waals surface area contributed by atoms with E-state index in [2.05, 4.69) is 187 Å². The molecule has 0 saturated carbocycles. The van der Waals surface area contributed by atoms with Gasteiger partial charge in [-0.3, -0.25) is 14.5 Å². The van der Waals surface area contributed by atoms with Gasteiger partial charge in [0.15, 0.2) is 0 Å². The lowest BCUT2D eigenvalue weighted by atomic mass is 9.72. The van der Waals surface area contributed by atoms with Crippen molar-refractivity contribution in [1.29, 1.82) is 0 Å². The van der Waals surface area contributed by atoms with Gasteiger partial charge in [-0.25, -0.2) is 9.59 Å². The van der Waals surface area contributed by atoms with Crippen molar-refractivity contribution < 1.29 is 42.9 Å². The van der Waals surface area contributed by atoms with Crippen molar-refractivity contribution in [3.8, 4) is 46.0 Å². The van der Waals surface area contributed by atoms with E-state index in [1.807, 2.05) is 55.5 Å². The van der Waals surface area contributed by atoms with Gasteiger partial charge >= 0.3 is 11.9 Å². The molecule has 0 saturated heterocycles. The molecule has 9 aromatic carbocycles. The second kappa shape index (κ2) is 23.6. The molecular weight excluding hydrogens is 1170 g/mol. The molecule has 2 aliphatic rings. The van der Waals surface area contributed by atoms with Crippen LogP contribution in [0.4, 0.5) is 0 Å². The molecule has 9 aromatic rings. The lowest BCUT2D eigenvalue weighted by Gasteiger charge is -2.33. The van der Waals surface area contributed by atoms with Crippen LogP contribution in [0, 0.1) is 21.7 Å². The maximum absolute atomic E-state index is 15.6. The maximum Gasteiger partial charge on any atom is 0.346 e. The highest BCUT2D eigenvalue weighted by molar-refractivity contribution is 6.44. The summed E-state index contributed by atoms with van der Waals surface area (Å²) in [6.07, 6.45) is 5.04. The summed E-state index contributed by atoms with van der Waals surface area (Å²) in [6, 6.07) is 39.1. The number of fused-ring (bicyclic) bond motifs is 2. The van der Waals surface area contributed by atoms with Crippen LogP contribution in [-0.4, -0.2) is 35.2 Å². The summed E-state index contributed by atoms with van der Waals surface area (Å²) in [5.74, 6) is 0.312. The summed E-state index contributed by atoms with van der Waals surface area (Å²) in [6.45, 7) is 47.2. The predicted molar refractivity (Wildman–Crippen MR) is 382 cm³/mol. The minimum absolute atomic E-state index is 0.0548. The third kappa shape index (κ3) is 13.3. The Kier molecular flexibility index (Phi) is 16.9. The van der Waals surface area contributed by atoms with Crippen molar-refractivity contribution in [2.75, 3.05) is 6.54 Å². The first-order valence-electron chi connectivity index (χ1n) is 33.8. The number of benzene rings is 9. The van der Waals surface area contributed by atoms with E-state index in [9.17, 15) is 9.59 Å². The molecule has 10 nitrogen and oxygen atoms in total. The fourth-order valence-corrected chi connectivity index (χ4v) is 16.4. The topological polar surface area (TPSA) is 118 Å². The maximum atomic E-state index is 15.6. The quantitative estimate of drug-likeness (QED) is 0.0256. The molecule has 10 heteroatoms. The van der Waals surface area contributed by atoms with Crippen LogP contribution in [0.15, 0.2) is 121 Å². The van der Waals surface area contributed by atoms with Gasteiger partial charge in [-0.05, 0) is 170 Å². The number of amides is 2. The van der Waals surface area contributed by atoms with Crippen LogP contribution in [0.5, 0.6) is 46.0 Å². The fraction of sp³-hybridized carbons (Fsp3) is 0.429. The Morgan fingerprint density at radius 1 is 0.319 bits per heavy atom. The zero-order valence-corrected chi connectivity index (χ0v) is 59.6. The molecule has 94 heavy (non-hydrogen) atoms. The number of nitrogens with zero attached hydrogens (tertiary/aromatic N) is 1. The van der Waals surface area contributed by atoms with E-state index in [4.69, 9.17) is 23.7 Å². The molecule has 2 heterocycles. The Hall–Kier alpha value is -8.24. The Labute approximate surface area is 557 Å². The minimum atomic E-state index is -0.849. The van der Waals surface area contributed by atoms with E-state index in [0.717, 1.165) is 54.4 Å². The monoisotopic (exact) mass is 1260 g/mol. The molecule has 0 radical (unpaired) electrons. The average molecular weight is 1260 g/mol. The highest BCUT2D eigenvalue weighted by Gasteiger charge is 2.41. The summed E-state index contributed by atoms with van der Waals surface area (Å²) < 4.78 is 34.9. The second-order valence-corrected chi connectivity index (χ2v) is 34.5. The molecule has 0 spiro atoms. The van der Waals surface area contributed by atoms with Crippen LogP contribution in [0.1, 0.15) is 248 Å². The molecule has 0 unspecified atom stereocenters. The lowest BCUT2D eigenvalue weighted by molar-refractivity contribution is 0.0389. The summed E-state index contributed by atoms with van der Waals surface area (Å²) in [4.78, 5) is 62.0. The zero-order valence-electron chi connectivity index (χ0n) is 59.6. The van der Waals surface area contributed by atoms with E-state index >= 15 is 9.59 Å². The minimum Gasteiger partial charge on any atom is -0.457 e. The van der Waals surface area contributed by atoms with Gasteiger partial charge < -0.3 is 23.7 Å². The van der Waals surface area contributed by atoms with Crippen LogP contribution in [0.25, 0.3) is 43.1 Å². The summed E-state index contributed by atoms with van der Waals surface area (Å²) in [5, 5.41) is 3.40. The van der Waals surface area contributed by atoms with Crippen LogP contribution >= 0.6 is 0 Å². The third-order valence-electron chi connectivity index (χ3n) is 18.8. The van der Waals surface area contributed by atoms with Crippen molar-refractivity contribution >= 4 is 66.8 Å². The van der Waals surface area contributed by atoms with Gasteiger partial charge in [0.05, 0.1) is 22.3 Å². The molecule has 0 aliphatic carbocycles. The number of carbonyl (C=O) groups is 4. The first kappa shape index (κ1) is 67.2. The van der Waals surface area contributed by atoms with E-state index in [1.54, 1.807) is 24.3 Å². The Balaban J connectivity index is 1.29. The number of esters is 2. The molecule has 0 aromatic heterocycles. The third-order valence-corrected chi connectivity index (χ3v) is 18.8. The number of cyclic esters (lactones) is 2. The van der Waals surface area contributed by atoms with E-state index < -0.39 is 23.8 Å². The Morgan fingerprint density at radius 3 is 0.787 bits per heavy atom. The molecule has 492 valence electrons. The average Bonchev–Trinajstić information content (AvgIpc) is 0.674. The highest BCUT2D eigenvalue weighted by Crippen LogP contribution is 2.58. The van der Waals surface area contributed by atoms with E-state index in [0.29, 0.717) is 72.5 Å². The van der Waals surface area contributed by atoms with Gasteiger partial charge in [-0.15, -0.1) is 0 Å². The van der Waals surface area contributed by atoms with Crippen molar-refractivity contribution in [2.24, 2.45) is 21.7 Å². The summed E-state index contributed by atoms with van der Waals surface area (Å²) in [7, 11) is 0. The van der Waals surface area contributed by atoms with Crippen molar-refractivity contribution in [3.05, 3.63) is 166 Å². The normalized spacial score (nSPS) is 14.5. The smallest absolute Gasteiger partial charge is 0.346 e. The number of unbranched alkanes of at least 4 members (excludes halogenated alkanes) is 1. The summed E-state index contributed by atoms with van der Waals surface area (Å²) in [5.41, 5.74) is 4.73. The standard InChI is InChI=1S/C84H97NO9/c1-22-23-40-85-73(86)57-41-61(90-53-32-24-49(25-33-53)81(14,15)45-77(2,3)4)67-69-63(92-55-36-28-51(29-37-55)83(18,19)47-79(8,9)10)43-59-66-60(76(89)94-75(59)88)44-64(93-56-38-30-52(31-39-56)84(20,21)48-80(11,12)13)70(72(66)69)68-62(42-58(74(85)87)65(57)71(67)68)91-54-34-26-50(27-35-54)82(16,17)46-78(5,6)7/h24-39,41-44H,22-23,40,45-48H2,1-21H3. The molecule has 2 amide bonds. The Morgan fingerprint density at radius 2 is 0.553 bits per heavy atom. The number of hydrogen-bond donors (Lipinski definition) is 0. The van der Waals surface area contributed by atoms with Gasteiger partial charge in [0.1, 0.15) is 46.0 Å². The number of imide groups is 1. The Bertz CT molecular complexity index is 4180. The van der Waals surface area contributed by atoms with Crippen LogP contribution in [0.3, 0.4) is 0 Å². The molecular formula is C84H97NO9. The molecule has 2 aliphatic heterocycles. The SMILES string of the molecule is CCCCN1C(=O)c2cc(Oc3ccc(C(C)(C)CC(C)(C)C)cc3)c3c4c(Oc5ccc(C(C)(C)CC(C)(C)C)cc5)cc5c6c(cc(Oc7ccc(C(C)(C)CC(C)(C)C)cc7)c(c7c(Oc8ccc(C(C)(C)CC(C)(C)C)cc8)cc(c2c37)C1=O)c64)C(=O)OC5=O. The largest absolute Gasteiger partial charge is 0.457 e. The van der Waals surface area contributed by atoms with Crippen LogP contribution < -0.4 is 18.9 Å². The number of hydrogen-bond acceptors (Lipinski definition) is 9. The molecule has 11 rings (SSSR count). The molecule has 0 fully saturated rings. The van der Waals surface area contributed by atoms with Gasteiger partial charge in [-0.2, -0.15) is 0 Å². The number of carbonyl (C=O) groups excluding carboxylic acids is 4. The molecule has 0 atom stereocenters. The molecule has 0 bridgehead atoms. The van der Waals surface area contributed by atoms with Crippen molar-refractivity contribution in [1.82, 2.24) is 4.90 Å². The fourth-order valence-electron chi connectivity index (χ4n) is 16.4.